The third-order valence-electron chi connectivity index (χ3n) is 5.48. The molecule has 0 aliphatic carbocycles. The van der Waals surface area contributed by atoms with E-state index in [0.717, 1.165) is 16.3 Å². The number of benzene rings is 3. The number of carbonyl (C=O) groups is 3. The third kappa shape index (κ3) is 7.65. The largest absolute Gasteiger partial charge is 0.444 e. The van der Waals surface area contributed by atoms with Crippen LogP contribution in [0.1, 0.15) is 37.9 Å². The van der Waals surface area contributed by atoms with Crippen LogP contribution in [0.15, 0.2) is 73.3 Å². The van der Waals surface area contributed by atoms with Crippen LogP contribution in [0.3, 0.4) is 0 Å². The number of anilines is 1. The summed E-state index contributed by atoms with van der Waals surface area (Å²) in [5.41, 5.74) is 1.14. The first-order chi connectivity index (χ1) is 17.6. The molecule has 0 radical (unpaired) electrons. The lowest BCUT2D eigenvalue weighted by Crippen LogP contribution is -2.47. The summed E-state index contributed by atoms with van der Waals surface area (Å²) in [5, 5.41) is 17.1. The first-order valence-electron chi connectivity index (χ1n) is 12.0. The molecule has 0 fully saturated rings. The van der Waals surface area contributed by atoms with Crippen LogP contribution in [0.25, 0.3) is 16.8 Å². The zero-order valence-corrected chi connectivity index (χ0v) is 21.4. The van der Waals surface area contributed by atoms with Crippen molar-refractivity contribution in [2.24, 2.45) is 0 Å². The van der Waals surface area contributed by atoms with Crippen LogP contribution in [-0.4, -0.2) is 53.2 Å². The highest BCUT2D eigenvalue weighted by atomic mass is 16.6. The lowest BCUT2D eigenvalue weighted by Gasteiger charge is -2.31. The second kappa shape index (κ2) is 12.2. The molecule has 3 aromatic rings. The fourth-order valence-corrected chi connectivity index (χ4v) is 3.88. The Morgan fingerprint density at radius 2 is 1.76 bits per heavy atom. The number of alkyl carbamates (subject to hydrolysis) is 1. The van der Waals surface area contributed by atoms with Gasteiger partial charge in [0.05, 0.1) is 6.61 Å². The maximum absolute atomic E-state index is 13.7. The molecule has 8 nitrogen and oxygen atoms in total. The maximum atomic E-state index is 13.7. The van der Waals surface area contributed by atoms with Crippen molar-refractivity contribution in [1.82, 2.24) is 10.2 Å². The average Bonchev–Trinajstić information content (AvgIpc) is 2.86. The number of nitrogens with zero attached hydrogens (tertiary/aromatic N) is 1. The highest BCUT2D eigenvalue weighted by molar-refractivity contribution is 6.00. The van der Waals surface area contributed by atoms with E-state index in [1.807, 2.05) is 42.5 Å². The quantitative estimate of drug-likeness (QED) is 0.398. The fourth-order valence-electron chi connectivity index (χ4n) is 3.88. The van der Waals surface area contributed by atoms with E-state index in [0.29, 0.717) is 11.3 Å². The van der Waals surface area contributed by atoms with Gasteiger partial charge in [0.1, 0.15) is 18.2 Å². The Kier molecular flexibility index (Phi) is 9.03. The number of amides is 3. The van der Waals surface area contributed by atoms with Gasteiger partial charge in [-0.05, 0) is 60.9 Å². The van der Waals surface area contributed by atoms with Crippen LogP contribution in [0, 0.1) is 0 Å². The van der Waals surface area contributed by atoms with Crippen LogP contribution in [0.5, 0.6) is 0 Å². The van der Waals surface area contributed by atoms with Gasteiger partial charge in [-0.15, -0.1) is 0 Å². The minimum Gasteiger partial charge on any atom is -0.444 e. The van der Waals surface area contributed by atoms with Crippen LogP contribution < -0.4 is 10.6 Å². The summed E-state index contributed by atoms with van der Waals surface area (Å²) in [6, 6.07) is 19.3. The van der Waals surface area contributed by atoms with Crippen LogP contribution >= 0.6 is 0 Å². The Morgan fingerprint density at radius 3 is 2.43 bits per heavy atom. The Morgan fingerprint density at radius 1 is 1.03 bits per heavy atom. The number of ether oxygens (including phenoxy) is 1. The number of hydrogen-bond donors (Lipinski definition) is 3. The van der Waals surface area contributed by atoms with Gasteiger partial charge >= 0.3 is 6.09 Å². The number of carbonyl (C=O) groups excluding carboxylic acids is 3. The molecule has 0 heterocycles. The number of aliphatic hydroxyl groups excluding tert-OH is 1. The van der Waals surface area contributed by atoms with E-state index >= 15 is 0 Å². The van der Waals surface area contributed by atoms with E-state index in [-0.39, 0.29) is 13.2 Å². The highest BCUT2D eigenvalue weighted by Crippen LogP contribution is 2.26. The molecule has 3 N–H and O–H groups in total. The van der Waals surface area contributed by atoms with Gasteiger partial charge in [-0.3, -0.25) is 9.59 Å². The normalized spacial score (nSPS) is 11.9. The summed E-state index contributed by atoms with van der Waals surface area (Å²) in [5.74, 6) is -1.02. The van der Waals surface area contributed by atoms with Crippen LogP contribution in [0.4, 0.5) is 10.5 Å². The number of nitrogens with one attached hydrogen (secondary N) is 2. The molecular formula is C29H33N3O5. The predicted molar refractivity (Wildman–Crippen MR) is 145 cm³/mol. The molecule has 8 heteroatoms. The zero-order chi connectivity index (χ0) is 27.0. The number of rotatable bonds is 9. The number of aliphatic hydroxyl groups is 1. The Hall–Kier alpha value is -4.17. The van der Waals surface area contributed by atoms with Crippen molar-refractivity contribution in [3.8, 4) is 0 Å². The molecule has 3 aromatic carbocycles. The summed E-state index contributed by atoms with van der Waals surface area (Å²) in [6.07, 6.45) is 0.889. The molecule has 0 bridgehead atoms. The van der Waals surface area contributed by atoms with Gasteiger partial charge in [0, 0.05) is 12.2 Å². The minimum absolute atomic E-state index is 0.122. The summed E-state index contributed by atoms with van der Waals surface area (Å²) >= 11 is 0. The standard InChI is InChI=1S/C29H33N3O5/c1-5-20-9-8-12-23(17-20)26(27(35)31-24-14-13-21-10-6-7-11-22(21)18-24)32(15-16-33)25(34)19-30-28(36)37-29(2,3)4/h5-14,17-18,26,33H,1,15-16,19H2,2-4H3,(H,30,36)(H,31,35). The summed E-state index contributed by atoms with van der Waals surface area (Å²) in [6.45, 7) is 8.02. The summed E-state index contributed by atoms with van der Waals surface area (Å²) in [7, 11) is 0. The number of hydrogen-bond acceptors (Lipinski definition) is 5. The number of fused-ring (bicyclic) bond motifs is 1. The van der Waals surface area contributed by atoms with Crippen molar-refractivity contribution in [3.05, 3.63) is 84.4 Å². The SMILES string of the molecule is C=Cc1cccc(C(C(=O)Nc2ccc3ccccc3c2)N(CCO)C(=O)CNC(=O)OC(C)(C)C)c1. The predicted octanol–water partition coefficient (Wildman–Crippen LogP) is 4.51. The van der Waals surface area contributed by atoms with E-state index in [9.17, 15) is 19.5 Å². The summed E-state index contributed by atoms with van der Waals surface area (Å²) < 4.78 is 5.20. The van der Waals surface area contributed by atoms with Crippen molar-refractivity contribution in [3.63, 3.8) is 0 Å². The smallest absolute Gasteiger partial charge is 0.408 e. The molecule has 0 aliphatic rings. The maximum Gasteiger partial charge on any atom is 0.408 e. The molecule has 3 amide bonds. The van der Waals surface area contributed by atoms with Gasteiger partial charge in [0.2, 0.25) is 5.91 Å². The van der Waals surface area contributed by atoms with Crippen molar-refractivity contribution in [2.45, 2.75) is 32.4 Å². The van der Waals surface area contributed by atoms with Gasteiger partial charge in [-0.1, -0.05) is 61.2 Å². The first-order valence-corrected chi connectivity index (χ1v) is 12.0. The van der Waals surface area contributed by atoms with E-state index in [1.54, 1.807) is 51.1 Å². The lowest BCUT2D eigenvalue weighted by molar-refractivity contribution is -0.138. The summed E-state index contributed by atoms with van der Waals surface area (Å²) in [4.78, 5) is 40.3. The average molecular weight is 504 g/mol. The van der Waals surface area contributed by atoms with E-state index in [4.69, 9.17) is 4.74 Å². The lowest BCUT2D eigenvalue weighted by atomic mass is 10.0. The third-order valence-corrected chi connectivity index (χ3v) is 5.48. The Labute approximate surface area is 216 Å². The first kappa shape index (κ1) is 27.4. The second-order valence-corrected chi connectivity index (χ2v) is 9.49. The van der Waals surface area contributed by atoms with Crippen molar-refractivity contribution >= 4 is 40.4 Å². The topological polar surface area (TPSA) is 108 Å². The molecule has 0 spiro atoms. The van der Waals surface area contributed by atoms with Crippen molar-refractivity contribution in [1.29, 1.82) is 0 Å². The molecular weight excluding hydrogens is 470 g/mol. The van der Waals surface area contributed by atoms with E-state index < -0.39 is 36.1 Å². The van der Waals surface area contributed by atoms with Crippen LogP contribution in [-0.2, 0) is 14.3 Å². The fraction of sp³-hybridized carbons (Fsp3) is 0.276. The van der Waals surface area contributed by atoms with Crippen molar-refractivity contribution in [2.75, 3.05) is 25.0 Å². The zero-order valence-electron chi connectivity index (χ0n) is 21.4. The van der Waals surface area contributed by atoms with Gasteiger partial charge in [-0.25, -0.2) is 4.79 Å². The Balaban J connectivity index is 1.91. The molecule has 0 aliphatic heterocycles. The second-order valence-electron chi connectivity index (χ2n) is 9.49. The van der Waals surface area contributed by atoms with Crippen molar-refractivity contribution < 1.29 is 24.2 Å². The van der Waals surface area contributed by atoms with Gasteiger partial charge in [-0.2, -0.15) is 0 Å². The molecule has 3 rings (SSSR count). The van der Waals surface area contributed by atoms with Crippen LogP contribution in [0.2, 0.25) is 0 Å². The molecule has 1 unspecified atom stereocenters. The van der Waals surface area contributed by atoms with E-state index in [2.05, 4.69) is 17.2 Å². The van der Waals surface area contributed by atoms with Gasteiger partial charge in [0.15, 0.2) is 0 Å². The monoisotopic (exact) mass is 503 g/mol. The molecule has 1 atom stereocenters. The molecule has 37 heavy (non-hydrogen) atoms. The molecule has 0 saturated heterocycles. The highest BCUT2D eigenvalue weighted by Gasteiger charge is 2.32. The molecule has 0 aromatic heterocycles. The molecule has 194 valence electrons. The van der Waals surface area contributed by atoms with E-state index in [1.165, 1.54) is 4.90 Å². The van der Waals surface area contributed by atoms with Gasteiger partial charge in [0.25, 0.3) is 5.91 Å². The van der Waals surface area contributed by atoms with Gasteiger partial charge < -0.3 is 25.4 Å². The minimum atomic E-state index is -1.08. The Bertz CT molecular complexity index is 1280. The molecule has 0 saturated carbocycles.